The van der Waals surface area contributed by atoms with Crippen molar-refractivity contribution in [2.45, 2.75) is 36.6 Å². The van der Waals surface area contributed by atoms with E-state index in [1.54, 1.807) is 0 Å². The fraction of sp³-hybridized carbons (Fsp3) is 1.00. The first kappa shape index (κ1) is 23.0. The summed E-state index contributed by atoms with van der Waals surface area (Å²) >= 11 is 0. The van der Waals surface area contributed by atoms with E-state index in [2.05, 4.69) is 17.4 Å². The maximum absolute atomic E-state index is 11.3. The zero-order valence-corrected chi connectivity index (χ0v) is 14.8. The van der Waals surface area contributed by atoms with E-state index in [1.807, 2.05) is 0 Å². The second-order valence-corrected chi connectivity index (χ2v) is 8.45. The molecule has 1 saturated carbocycles. The van der Waals surface area contributed by atoms with Gasteiger partial charge in [-0.1, -0.05) is 0 Å². The number of hydrogen-bond acceptors (Lipinski definition) is 11. The van der Waals surface area contributed by atoms with Crippen LogP contribution in [0.5, 0.6) is 0 Å². The van der Waals surface area contributed by atoms with Crippen molar-refractivity contribution in [3.05, 3.63) is 0 Å². The van der Waals surface area contributed by atoms with E-state index in [9.17, 15) is 32.9 Å². The Labute approximate surface area is 140 Å². The third-order valence-electron chi connectivity index (χ3n) is 2.97. The molecule has 0 aliphatic heterocycles. The molecule has 0 aromatic carbocycles. The van der Waals surface area contributed by atoms with E-state index >= 15 is 0 Å². The van der Waals surface area contributed by atoms with Crippen LogP contribution in [0.15, 0.2) is 0 Å². The van der Waals surface area contributed by atoms with Crippen LogP contribution in [0.25, 0.3) is 0 Å². The van der Waals surface area contributed by atoms with Crippen molar-refractivity contribution in [1.82, 2.24) is 0 Å². The standard InChI is InChI=1S/C7H16O15P2S/c1-19-25(17,18)22-7-3(9)5(20-23(11,12)13)2(8)6(4(7)10)21-24(14,15)16/h2-10H,1H3,(H2,11,12,13)(H2,14,15,16)/t2?,3-,4-,5-,6+,7?/m1/s1. The fourth-order valence-corrected chi connectivity index (χ4v) is 3.73. The summed E-state index contributed by atoms with van der Waals surface area (Å²) in [6.45, 7) is 0. The SMILES string of the molecule is COS(=O)(=O)OC1[C@H](O)[C@H](OP(=O)(O)O)C(O)[C@H](OP(=O)(O)O)[C@H]1O. The van der Waals surface area contributed by atoms with Gasteiger partial charge in [-0.15, -0.1) is 0 Å². The van der Waals surface area contributed by atoms with Crippen molar-refractivity contribution < 1.29 is 69.9 Å². The fourth-order valence-electron chi connectivity index (χ4n) is 2.02. The van der Waals surface area contributed by atoms with Gasteiger partial charge in [0.25, 0.3) is 0 Å². The molecule has 150 valence electrons. The van der Waals surface area contributed by atoms with Crippen LogP contribution in [-0.4, -0.2) is 87.0 Å². The lowest BCUT2D eigenvalue weighted by molar-refractivity contribution is -0.210. The highest BCUT2D eigenvalue weighted by Crippen LogP contribution is 2.46. The minimum atomic E-state index is -5.38. The van der Waals surface area contributed by atoms with E-state index in [0.29, 0.717) is 7.11 Å². The van der Waals surface area contributed by atoms with Crippen molar-refractivity contribution in [2.24, 2.45) is 0 Å². The van der Waals surface area contributed by atoms with Gasteiger partial charge in [-0.2, -0.15) is 8.42 Å². The first-order chi connectivity index (χ1) is 11.1. The number of aliphatic hydroxyl groups excluding tert-OH is 3. The molecule has 6 atom stereocenters. The molecule has 2 unspecified atom stereocenters. The summed E-state index contributed by atoms with van der Waals surface area (Å²) < 4.78 is 60.8. The minimum absolute atomic E-state index is 0.638. The molecule has 1 rings (SSSR count). The quantitative estimate of drug-likeness (QED) is 0.191. The van der Waals surface area contributed by atoms with Gasteiger partial charge in [0.2, 0.25) is 0 Å². The molecule has 25 heavy (non-hydrogen) atoms. The zero-order chi connectivity index (χ0) is 19.8. The lowest BCUT2D eigenvalue weighted by Crippen LogP contribution is -2.65. The number of hydrogen-bond donors (Lipinski definition) is 7. The zero-order valence-electron chi connectivity index (χ0n) is 12.2. The number of aliphatic hydroxyl groups is 3. The smallest absolute Gasteiger partial charge is 0.387 e. The summed E-state index contributed by atoms with van der Waals surface area (Å²) in [4.78, 5) is 35.1. The topological polar surface area (TPSA) is 247 Å². The van der Waals surface area contributed by atoms with E-state index in [-0.39, 0.29) is 0 Å². The summed E-state index contributed by atoms with van der Waals surface area (Å²) in [5.74, 6) is 0. The summed E-state index contributed by atoms with van der Waals surface area (Å²) in [7, 11) is -15.0. The van der Waals surface area contributed by atoms with E-state index in [4.69, 9.17) is 19.6 Å². The van der Waals surface area contributed by atoms with Crippen molar-refractivity contribution in [1.29, 1.82) is 0 Å². The lowest BCUT2D eigenvalue weighted by Gasteiger charge is -2.43. The van der Waals surface area contributed by atoms with Crippen LogP contribution < -0.4 is 0 Å². The molecule has 0 saturated heterocycles. The molecule has 0 bridgehead atoms. The summed E-state index contributed by atoms with van der Waals surface area (Å²) in [5, 5.41) is 29.7. The Morgan fingerprint density at radius 3 is 1.36 bits per heavy atom. The molecule has 0 aromatic heterocycles. The molecule has 1 fully saturated rings. The maximum atomic E-state index is 11.3. The van der Waals surface area contributed by atoms with Gasteiger partial charge >= 0.3 is 26.0 Å². The van der Waals surface area contributed by atoms with Gasteiger partial charge in [-0.25, -0.2) is 13.3 Å². The molecule has 7 N–H and O–H groups in total. The molecular formula is C7H16O15P2S. The van der Waals surface area contributed by atoms with Gasteiger partial charge in [0.1, 0.15) is 36.6 Å². The highest BCUT2D eigenvalue weighted by Gasteiger charge is 2.56. The Kier molecular flexibility index (Phi) is 7.29. The Morgan fingerprint density at radius 1 is 0.760 bits per heavy atom. The second kappa shape index (κ2) is 7.92. The summed E-state index contributed by atoms with van der Waals surface area (Å²) in [6, 6.07) is 0. The first-order valence-corrected chi connectivity index (χ1v) is 10.5. The van der Waals surface area contributed by atoms with Gasteiger partial charge in [0, 0.05) is 0 Å². The largest absolute Gasteiger partial charge is 0.470 e. The third-order valence-corrected chi connectivity index (χ3v) is 4.87. The Hall–Kier alpha value is -0.0300. The Morgan fingerprint density at radius 2 is 1.08 bits per heavy atom. The minimum Gasteiger partial charge on any atom is -0.387 e. The monoisotopic (exact) mass is 434 g/mol. The normalized spacial score (nSPS) is 34.9. The van der Waals surface area contributed by atoms with E-state index in [0.717, 1.165) is 0 Å². The van der Waals surface area contributed by atoms with Gasteiger partial charge in [0.15, 0.2) is 0 Å². The second-order valence-electron chi connectivity index (χ2n) is 4.73. The number of phosphoric ester groups is 2. The van der Waals surface area contributed by atoms with E-state index < -0.39 is 62.7 Å². The molecule has 0 heterocycles. The van der Waals surface area contributed by atoms with Gasteiger partial charge < -0.3 is 34.9 Å². The average molecular weight is 434 g/mol. The summed E-state index contributed by atoms with van der Waals surface area (Å²) in [5.41, 5.74) is 0. The molecule has 18 heteroatoms. The third kappa shape index (κ3) is 6.57. The molecule has 0 amide bonds. The van der Waals surface area contributed by atoms with Crippen LogP contribution >= 0.6 is 15.6 Å². The van der Waals surface area contributed by atoms with Crippen molar-refractivity contribution in [2.75, 3.05) is 7.11 Å². The van der Waals surface area contributed by atoms with Crippen molar-refractivity contribution >= 4 is 26.0 Å². The highest BCUT2D eigenvalue weighted by atomic mass is 32.3. The molecular weight excluding hydrogens is 418 g/mol. The van der Waals surface area contributed by atoms with Gasteiger partial charge in [-0.3, -0.25) is 13.2 Å². The lowest BCUT2D eigenvalue weighted by atomic mass is 9.85. The Balaban J connectivity index is 3.27. The predicted octanol–water partition coefficient (Wildman–Crippen LogP) is -3.69. The van der Waals surface area contributed by atoms with Crippen LogP contribution in [0.1, 0.15) is 0 Å². The van der Waals surface area contributed by atoms with Crippen molar-refractivity contribution in [3.63, 3.8) is 0 Å². The van der Waals surface area contributed by atoms with Crippen LogP contribution in [0.4, 0.5) is 0 Å². The van der Waals surface area contributed by atoms with E-state index in [1.165, 1.54) is 0 Å². The predicted molar refractivity (Wildman–Crippen MR) is 72.7 cm³/mol. The van der Waals surface area contributed by atoms with Crippen LogP contribution in [0, 0.1) is 0 Å². The molecule has 0 aromatic rings. The van der Waals surface area contributed by atoms with Crippen LogP contribution in [-0.2, 0) is 36.9 Å². The average Bonchev–Trinajstić information content (AvgIpc) is 2.43. The molecule has 1 aliphatic carbocycles. The number of rotatable bonds is 7. The number of phosphoric acid groups is 2. The van der Waals surface area contributed by atoms with Gasteiger partial charge in [-0.05, 0) is 0 Å². The molecule has 0 radical (unpaired) electrons. The maximum Gasteiger partial charge on any atom is 0.470 e. The highest BCUT2D eigenvalue weighted by molar-refractivity contribution is 7.81. The van der Waals surface area contributed by atoms with Gasteiger partial charge in [0.05, 0.1) is 7.11 Å². The first-order valence-electron chi connectivity index (χ1n) is 6.09. The molecule has 1 aliphatic rings. The van der Waals surface area contributed by atoms with Crippen molar-refractivity contribution in [3.8, 4) is 0 Å². The Bertz CT molecular complexity index is 613. The van der Waals surface area contributed by atoms with Crippen LogP contribution in [0.2, 0.25) is 0 Å². The molecule has 15 nitrogen and oxygen atoms in total. The summed E-state index contributed by atoms with van der Waals surface area (Å²) in [6.07, 6.45) is -14.2. The van der Waals surface area contributed by atoms with Crippen LogP contribution in [0.3, 0.4) is 0 Å². The molecule has 0 spiro atoms.